The van der Waals surface area contributed by atoms with Gasteiger partial charge in [-0.25, -0.2) is 4.79 Å². The van der Waals surface area contributed by atoms with Gasteiger partial charge in [-0.15, -0.1) is 0 Å². The second-order valence-electron chi connectivity index (χ2n) is 10.4. The molecule has 0 aliphatic rings. The number of carbonyl (C=O) groups excluding carboxylic acids is 1. The SMILES string of the molecule is O=C(Nc1cccc(C(F)(F)F)c1)Nc1cc(-c2ccccc2-c2cn[nH]n2)ccc1N(CCc1ccccc1)CCC(F)(F)F. The fourth-order valence-corrected chi connectivity index (χ4v) is 4.95. The van der Waals surface area contributed by atoms with Crippen molar-refractivity contribution >= 4 is 23.1 Å². The molecule has 0 fully saturated rings. The number of H-pyrrole nitrogens is 1. The maximum atomic E-state index is 13.4. The molecule has 0 spiro atoms. The van der Waals surface area contributed by atoms with Crippen molar-refractivity contribution in [1.82, 2.24) is 15.4 Å². The minimum Gasteiger partial charge on any atom is -0.369 e. The number of rotatable bonds is 10. The molecular weight excluding hydrogens is 610 g/mol. The molecule has 0 bridgehead atoms. The maximum absolute atomic E-state index is 13.4. The molecule has 238 valence electrons. The number of nitrogens with zero attached hydrogens (tertiary/aromatic N) is 3. The molecule has 5 rings (SSSR count). The van der Waals surface area contributed by atoms with Crippen molar-refractivity contribution in [3.8, 4) is 22.4 Å². The average molecular weight is 639 g/mol. The van der Waals surface area contributed by atoms with Crippen molar-refractivity contribution in [3.63, 3.8) is 0 Å². The number of urea groups is 1. The predicted octanol–water partition coefficient (Wildman–Crippen LogP) is 8.80. The summed E-state index contributed by atoms with van der Waals surface area (Å²) in [5, 5.41) is 15.7. The smallest absolute Gasteiger partial charge is 0.369 e. The van der Waals surface area contributed by atoms with E-state index in [0.29, 0.717) is 34.5 Å². The van der Waals surface area contributed by atoms with E-state index in [0.717, 1.165) is 23.8 Å². The van der Waals surface area contributed by atoms with Crippen molar-refractivity contribution in [2.45, 2.75) is 25.2 Å². The van der Waals surface area contributed by atoms with Gasteiger partial charge in [0.1, 0.15) is 5.69 Å². The van der Waals surface area contributed by atoms with Crippen LogP contribution < -0.4 is 15.5 Å². The fourth-order valence-electron chi connectivity index (χ4n) is 4.95. The third-order valence-electron chi connectivity index (χ3n) is 7.14. The summed E-state index contributed by atoms with van der Waals surface area (Å²) in [6.07, 6.45) is -8.20. The lowest BCUT2D eigenvalue weighted by Gasteiger charge is -2.28. The third kappa shape index (κ3) is 8.43. The molecule has 0 saturated heterocycles. The first-order chi connectivity index (χ1) is 22.0. The molecule has 0 aliphatic carbocycles. The van der Waals surface area contributed by atoms with Crippen LogP contribution in [0.25, 0.3) is 22.4 Å². The Kier molecular flexibility index (Phi) is 9.59. The van der Waals surface area contributed by atoms with Gasteiger partial charge in [-0.3, -0.25) is 0 Å². The second kappa shape index (κ2) is 13.8. The van der Waals surface area contributed by atoms with Gasteiger partial charge < -0.3 is 15.5 Å². The van der Waals surface area contributed by atoms with E-state index in [1.807, 2.05) is 48.5 Å². The number of benzene rings is 4. The van der Waals surface area contributed by atoms with Crippen LogP contribution in [0.5, 0.6) is 0 Å². The molecule has 4 aromatic carbocycles. The Bertz CT molecular complexity index is 1760. The van der Waals surface area contributed by atoms with E-state index >= 15 is 0 Å². The van der Waals surface area contributed by atoms with Gasteiger partial charge in [0.05, 0.1) is 29.6 Å². The summed E-state index contributed by atoms with van der Waals surface area (Å²) >= 11 is 0. The van der Waals surface area contributed by atoms with E-state index < -0.39 is 36.9 Å². The van der Waals surface area contributed by atoms with Crippen LogP contribution >= 0.6 is 0 Å². The average Bonchev–Trinajstić information content (AvgIpc) is 3.56. The molecule has 0 aliphatic heterocycles. The van der Waals surface area contributed by atoms with E-state index in [1.54, 1.807) is 24.3 Å². The number of aromatic nitrogens is 3. The van der Waals surface area contributed by atoms with E-state index in [-0.39, 0.29) is 17.9 Å². The highest BCUT2D eigenvalue weighted by atomic mass is 19.4. The molecule has 1 heterocycles. The van der Waals surface area contributed by atoms with Crippen molar-refractivity contribution < 1.29 is 31.1 Å². The number of anilines is 3. The van der Waals surface area contributed by atoms with Gasteiger partial charge in [-0.1, -0.05) is 66.7 Å². The largest absolute Gasteiger partial charge is 0.416 e. The molecule has 7 nitrogen and oxygen atoms in total. The van der Waals surface area contributed by atoms with Crippen LogP contribution in [-0.2, 0) is 12.6 Å². The summed E-state index contributed by atoms with van der Waals surface area (Å²) in [4.78, 5) is 14.7. The quantitative estimate of drug-likeness (QED) is 0.134. The Morgan fingerprint density at radius 2 is 1.52 bits per heavy atom. The topological polar surface area (TPSA) is 85.9 Å². The predicted molar refractivity (Wildman–Crippen MR) is 164 cm³/mol. The Balaban J connectivity index is 1.52. The van der Waals surface area contributed by atoms with Crippen molar-refractivity contribution in [1.29, 1.82) is 0 Å². The zero-order valence-corrected chi connectivity index (χ0v) is 24.2. The van der Waals surface area contributed by atoms with Gasteiger partial charge in [-0.2, -0.15) is 41.8 Å². The summed E-state index contributed by atoms with van der Waals surface area (Å²) in [6.45, 7) is -0.200. The lowest BCUT2D eigenvalue weighted by atomic mass is 9.97. The molecule has 46 heavy (non-hydrogen) atoms. The molecule has 2 amide bonds. The molecule has 0 radical (unpaired) electrons. The van der Waals surface area contributed by atoms with Gasteiger partial charge in [0.25, 0.3) is 0 Å². The molecule has 0 unspecified atom stereocenters. The van der Waals surface area contributed by atoms with Crippen LogP contribution in [0.3, 0.4) is 0 Å². The standard InChI is InChI=1S/C33H28F6N6O/c34-32(35,36)16-18-45(17-15-22-7-2-1-3-8-22)30-14-13-23(26-11-4-5-12-27(26)29-21-40-44-43-29)19-28(30)42-31(46)41-25-10-6-9-24(20-25)33(37,38)39/h1-14,19-21H,15-18H2,(H,40,43,44)(H2,41,42,46). The fraction of sp³-hybridized carbons (Fsp3) is 0.182. The van der Waals surface area contributed by atoms with Crippen LogP contribution in [0.4, 0.5) is 48.2 Å². The van der Waals surface area contributed by atoms with Crippen molar-refractivity contribution in [2.75, 3.05) is 28.6 Å². The van der Waals surface area contributed by atoms with Crippen LogP contribution in [0.15, 0.2) is 103 Å². The molecule has 0 saturated carbocycles. The van der Waals surface area contributed by atoms with Crippen LogP contribution in [0.2, 0.25) is 0 Å². The van der Waals surface area contributed by atoms with Gasteiger partial charge in [0.2, 0.25) is 0 Å². The van der Waals surface area contributed by atoms with E-state index in [1.165, 1.54) is 17.2 Å². The number of hydrogen-bond acceptors (Lipinski definition) is 4. The zero-order valence-electron chi connectivity index (χ0n) is 24.2. The summed E-state index contributed by atoms with van der Waals surface area (Å²) in [5.41, 5.74) is 2.89. The Morgan fingerprint density at radius 1 is 0.783 bits per heavy atom. The Labute approximate surface area is 260 Å². The first-order valence-corrected chi connectivity index (χ1v) is 14.2. The number of alkyl halides is 6. The summed E-state index contributed by atoms with van der Waals surface area (Å²) in [6, 6.07) is 24.7. The molecule has 5 aromatic rings. The minimum atomic E-state index is -4.62. The summed E-state index contributed by atoms with van der Waals surface area (Å²) < 4.78 is 80.1. The van der Waals surface area contributed by atoms with Crippen molar-refractivity contribution in [2.24, 2.45) is 0 Å². The third-order valence-corrected chi connectivity index (χ3v) is 7.14. The minimum absolute atomic E-state index is 0.112. The van der Waals surface area contributed by atoms with Crippen LogP contribution in [-0.4, -0.2) is 40.7 Å². The number of amides is 2. The Hall–Kier alpha value is -5.33. The normalized spacial score (nSPS) is 11.7. The Morgan fingerprint density at radius 3 is 2.22 bits per heavy atom. The number of aromatic amines is 1. The first-order valence-electron chi connectivity index (χ1n) is 14.2. The van der Waals surface area contributed by atoms with E-state index in [9.17, 15) is 31.1 Å². The molecule has 0 atom stereocenters. The first kappa shape index (κ1) is 32.1. The van der Waals surface area contributed by atoms with E-state index in [4.69, 9.17) is 0 Å². The maximum Gasteiger partial charge on any atom is 0.416 e. The zero-order chi connectivity index (χ0) is 32.7. The highest BCUT2D eigenvalue weighted by Gasteiger charge is 2.31. The van der Waals surface area contributed by atoms with E-state index in [2.05, 4.69) is 26.0 Å². The highest BCUT2D eigenvalue weighted by Crippen LogP contribution is 2.37. The molecule has 13 heteroatoms. The number of hydrogen-bond donors (Lipinski definition) is 3. The van der Waals surface area contributed by atoms with Crippen LogP contribution in [0.1, 0.15) is 17.5 Å². The second-order valence-corrected chi connectivity index (χ2v) is 10.4. The van der Waals surface area contributed by atoms with Gasteiger partial charge in [-0.05, 0) is 53.4 Å². The number of nitrogens with one attached hydrogen (secondary N) is 3. The van der Waals surface area contributed by atoms with Gasteiger partial charge in [0, 0.05) is 24.3 Å². The monoisotopic (exact) mass is 638 g/mol. The summed E-state index contributed by atoms with van der Waals surface area (Å²) in [7, 11) is 0. The number of halogens is 6. The van der Waals surface area contributed by atoms with Crippen molar-refractivity contribution in [3.05, 3.63) is 114 Å². The summed E-state index contributed by atoms with van der Waals surface area (Å²) in [5.74, 6) is 0. The lowest BCUT2D eigenvalue weighted by Crippen LogP contribution is -2.31. The van der Waals surface area contributed by atoms with Crippen LogP contribution in [0, 0.1) is 0 Å². The number of carbonyl (C=O) groups is 1. The van der Waals surface area contributed by atoms with Gasteiger partial charge in [0.15, 0.2) is 0 Å². The molecule has 3 N–H and O–H groups in total. The van der Waals surface area contributed by atoms with Gasteiger partial charge >= 0.3 is 18.4 Å². The lowest BCUT2D eigenvalue weighted by molar-refractivity contribution is -0.137. The highest BCUT2D eigenvalue weighted by molar-refractivity contribution is 6.02. The molecule has 1 aromatic heterocycles. The molecular formula is C33H28F6N6O.